The summed E-state index contributed by atoms with van der Waals surface area (Å²) in [5, 5.41) is 2.75. The number of nitrogens with one attached hydrogen (secondary N) is 1. The topological polar surface area (TPSA) is 55.4 Å². The predicted octanol–water partition coefficient (Wildman–Crippen LogP) is 3.24. The predicted molar refractivity (Wildman–Crippen MR) is 94.1 cm³/mol. The van der Waals surface area contributed by atoms with Crippen molar-refractivity contribution in [2.24, 2.45) is 5.92 Å². The zero-order valence-electron chi connectivity index (χ0n) is 13.1. The first-order valence-electron chi connectivity index (χ1n) is 7.87. The minimum atomic E-state index is -0.554. The number of halogens is 1. The first-order valence-corrected chi connectivity index (χ1v) is 8.66. The molecule has 1 heterocycles. The van der Waals surface area contributed by atoms with E-state index >= 15 is 0 Å². The molecule has 1 fully saturated rings. The number of rotatable bonds is 5. The second-order valence-electron chi connectivity index (χ2n) is 5.92. The van der Waals surface area contributed by atoms with E-state index in [9.17, 15) is 9.59 Å². The fourth-order valence-electron chi connectivity index (χ4n) is 2.81. The third kappa shape index (κ3) is 4.23. The summed E-state index contributed by atoms with van der Waals surface area (Å²) < 4.78 is 6.32. The summed E-state index contributed by atoms with van der Waals surface area (Å²) in [7, 11) is 0. The summed E-state index contributed by atoms with van der Waals surface area (Å²) in [5.74, 6) is -0.648. The molecule has 2 aromatic carbocycles. The number of hydrogen-bond donors (Lipinski definition) is 1. The van der Waals surface area contributed by atoms with Crippen molar-refractivity contribution in [2.75, 3.05) is 0 Å². The van der Waals surface area contributed by atoms with Gasteiger partial charge < -0.3 is 10.1 Å². The average Bonchev–Trinajstić information content (AvgIpc) is 2.96. The molecule has 24 heavy (non-hydrogen) atoms. The van der Waals surface area contributed by atoms with Crippen molar-refractivity contribution in [3.05, 3.63) is 70.2 Å². The Labute approximate surface area is 149 Å². The lowest BCUT2D eigenvalue weighted by atomic mass is 9.96. The van der Waals surface area contributed by atoms with E-state index in [1.54, 1.807) is 0 Å². The van der Waals surface area contributed by atoms with E-state index in [0.29, 0.717) is 12.8 Å². The van der Waals surface area contributed by atoms with E-state index in [4.69, 9.17) is 4.74 Å². The quantitative estimate of drug-likeness (QED) is 0.801. The van der Waals surface area contributed by atoms with Crippen LogP contribution in [0.15, 0.2) is 59.1 Å². The van der Waals surface area contributed by atoms with Gasteiger partial charge in [-0.05, 0) is 36.1 Å². The van der Waals surface area contributed by atoms with Gasteiger partial charge in [-0.3, -0.25) is 4.79 Å². The van der Waals surface area contributed by atoms with Gasteiger partial charge >= 0.3 is 5.97 Å². The van der Waals surface area contributed by atoms with E-state index in [1.165, 1.54) is 0 Å². The van der Waals surface area contributed by atoms with Gasteiger partial charge in [-0.1, -0.05) is 58.4 Å². The summed E-state index contributed by atoms with van der Waals surface area (Å²) in [6, 6.07) is 16.8. The number of carbonyl (C=O) groups is 2. The summed E-state index contributed by atoms with van der Waals surface area (Å²) in [4.78, 5) is 24.3. The number of amides is 1. The van der Waals surface area contributed by atoms with E-state index < -0.39 is 6.04 Å². The van der Waals surface area contributed by atoms with Crippen LogP contribution in [0.5, 0.6) is 0 Å². The number of hydrogen-bond acceptors (Lipinski definition) is 3. The fourth-order valence-corrected chi connectivity index (χ4v) is 3.07. The molecule has 5 heteroatoms. The van der Waals surface area contributed by atoms with E-state index in [-0.39, 0.29) is 24.4 Å². The first kappa shape index (κ1) is 16.7. The van der Waals surface area contributed by atoms with E-state index in [2.05, 4.69) is 21.2 Å². The molecule has 124 valence electrons. The first-order chi connectivity index (χ1) is 11.6. The van der Waals surface area contributed by atoms with Crippen LogP contribution < -0.4 is 5.32 Å². The largest absolute Gasteiger partial charge is 0.459 e. The van der Waals surface area contributed by atoms with Crippen molar-refractivity contribution in [1.82, 2.24) is 5.32 Å². The van der Waals surface area contributed by atoms with Crippen molar-refractivity contribution >= 4 is 27.8 Å². The number of carbonyl (C=O) groups excluding carboxylic acids is 2. The van der Waals surface area contributed by atoms with Crippen LogP contribution in [0, 0.1) is 5.92 Å². The van der Waals surface area contributed by atoms with Gasteiger partial charge in [0.05, 0.1) is 0 Å². The van der Waals surface area contributed by atoms with E-state index in [1.807, 2.05) is 54.6 Å². The van der Waals surface area contributed by atoms with Crippen molar-refractivity contribution in [3.8, 4) is 0 Å². The molecule has 0 saturated carbocycles. The Bertz CT molecular complexity index is 715. The molecule has 0 spiro atoms. The Balaban J connectivity index is 1.53. The maximum Gasteiger partial charge on any atom is 0.328 e. The van der Waals surface area contributed by atoms with Gasteiger partial charge in [-0.15, -0.1) is 0 Å². The minimum absolute atomic E-state index is 0.0837. The van der Waals surface area contributed by atoms with Crippen molar-refractivity contribution < 1.29 is 14.3 Å². The summed E-state index contributed by atoms with van der Waals surface area (Å²) in [6.07, 6.45) is 1.10. The van der Waals surface area contributed by atoms with Gasteiger partial charge in [0.25, 0.3) is 0 Å². The Hall–Kier alpha value is -2.14. The fraction of sp³-hybridized carbons (Fsp3) is 0.263. The summed E-state index contributed by atoms with van der Waals surface area (Å²) in [6.45, 7) is 0.226. The molecular weight excluding hydrogens is 370 g/mol. The standard InChI is InChI=1S/C19H18BrNO3/c20-16-8-6-13(7-9-16)10-15-11-17(21-18(15)22)19(23)24-12-14-4-2-1-3-5-14/h1-9,15,17H,10-12H2,(H,21,22)/t15?,17-/m0/s1. The van der Waals surface area contributed by atoms with Crippen LogP contribution in [-0.4, -0.2) is 17.9 Å². The SMILES string of the molecule is O=C1N[C@H](C(=O)OCc2ccccc2)CC1Cc1ccc(Br)cc1. The van der Waals surface area contributed by atoms with Crippen molar-refractivity contribution in [2.45, 2.75) is 25.5 Å². The normalized spacial score (nSPS) is 19.8. The molecule has 1 unspecified atom stereocenters. The Kier molecular flexibility index (Phi) is 5.30. The Morgan fingerprint density at radius 2 is 1.79 bits per heavy atom. The highest BCUT2D eigenvalue weighted by atomic mass is 79.9. The van der Waals surface area contributed by atoms with Gasteiger partial charge in [0.1, 0.15) is 12.6 Å². The van der Waals surface area contributed by atoms with Gasteiger partial charge in [0.15, 0.2) is 0 Å². The molecule has 2 aromatic rings. The summed E-state index contributed by atoms with van der Waals surface area (Å²) >= 11 is 3.39. The molecule has 1 N–H and O–H groups in total. The number of benzene rings is 2. The highest BCUT2D eigenvalue weighted by Crippen LogP contribution is 2.22. The molecule has 0 aliphatic carbocycles. The molecule has 1 saturated heterocycles. The molecule has 1 amide bonds. The van der Waals surface area contributed by atoms with Gasteiger partial charge in [0.2, 0.25) is 5.91 Å². The molecule has 0 radical (unpaired) electrons. The second kappa shape index (κ2) is 7.62. The lowest BCUT2D eigenvalue weighted by Gasteiger charge is -2.10. The van der Waals surface area contributed by atoms with Crippen LogP contribution in [0.2, 0.25) is 0 Å². The monoisotopic (exact) mass is 387 g/mol. The van der Waals surface area contributed by atoms with Gasteiger partial charge in [0, 0.05) is 10.4 Å². The van der Waals surface area contributed by atoms with Crippen molar-refractivity contribution in [3.63, 3.8) is 0 Å². The van der Waals surface area contributed by atoms with E-state index in [0.717, 1.165) is 15.6 Å². The number of esters is 1. The van der Waals surface area contributed by atoms with Crippen molar-refractivity contribution in [1.29, 1.82) is 0 Å². The third-order valence-corrected chi connectivity index (χ3v) is 4.64. The average molecular weight is 388 g/mol. The Morgan fingerprint density at radius 1 is 1.08 bits per heavy atom. The van der Waals surface area contributed by atoms with Gasteiger partial charge in [-0.2, -0.15) is 0 Å². The lowest BCUT2D eigenvalue weighted by molar-refractivity contribution is -0.147. The summed E-state index contributed by atoms with van der Waals surface area (Å²) in [5.41, 5.74) is 2.01. The van der Waals surface area contributed by atoms with Crippen LogP contribution in [0.1, 0.15) is 17.5 Å². The maximum atomic E-state index is 12.2. The van der Waals surface area contributed by atoms with Crippen LogP contribution >= 0.6 is 15.9 Å². The molecule has 2 atom stereocenters. The van der Waals surface area contributed by atoms with Crippen LogP contribution in [0.3, 0.4) is 0 Å². The zero-order chi connectivity index (χ0) is 16.9. The molecule has 3 rings (SSSR count). The van der Waals surface area contributed by atoms with Crippen LogP contribution in [-0.2, 0) is 27.4 Å². The third-order valence-electron chi connectivity index (χ3n) is 4.11. The highest BCUT2D eigenvalue weighted by Gasteiger charge is 2.36. The molecule has 1 aliphatic heterocycles. The van der Waals surface area contributed by atoms with Crippen LogP contribution in [0.4, 0.5) is 0 Å². The Morgan fingerprint density at radius 3 is 2.50 bits per heavy atom. The lowest BCUT2D eigenvalue weighted by Crippen LogP contribution is -2.34. The molecule has 0 bridgehead atoms. The molecule has 4 nitrogen and oxygen atoms in total. The highest BCUT2D eigenvalue weighted by molar-refractivity contribution is 9.10. The van der Waals surface area contributed by atoms with Gasteiger partial charge in [-0.25, -0.2) is 4.79 Å². The molecule has 0 aromatic heterocycles. The second-order valence-corrected chi connectivity index (χ2v) is 6.83. The number of ether oxygens (including phenoxy) is 1. The molecule has 1 aliphatic rings. The molecular formula is C19H18BrNO3. The van der Waals surface area contributed by atoms with Crippen LogP contribution in [0.25, 0.3) is 0 Å². The maximum absolute atomic E-state index is 12.2. The smallest absolute Gasteiger partial charge is 0.328 e. The minimum Gasteiger partial charge on any atom is -0.459 e. The zero-order valence-corrected chi connectivity index (χ0v) is 14.7.